The molecule has 1 N–H and O–H groups in total. The Labute approximate surface area is 126 Å². The second-order valence-corrected chi connectivity index (χ2v) is 4.93. The van der Waals surface area contributed by atoms with Gasteiger partial charge in [-0.3, -0.25) is 4.79 Å². The molecule has 1 aromatic carbocycles. The molecule has 0 unspecified atom stereocenters. The number of hydrogen-bond acceptors (Lipinski definition) is 2. The zero-order chi connectivity index (χ0) is 14.7. The molecule has 3 rings (SSSR count). The van der Waals surface area contributed by atoms with Gasteiger partial charge in [0.2, 0.25) is 5.91 Å². The first-order chi connectivity index (χ1) is 10.2. The van der Waals surface area contributed by atoms with Crippen molar-refractivity contribution in [3.63, 3.8) is 0 Å². The summed E-state index contributed by atoms with van der Waals surface area (Å²) in [7, 11) is 0. The van der Waals surface area contributed by atoms with E-state index in [0.29, 0.717) is 5.02 Å². The summed E-state index contributed by atoms with van der Waals surface area (Å²) in [5.41, 5.74) is 2.57. The third-order valence-electron chi connectivity index (χ3n) is 2.96. The molecule has 4 nitrogen and oxygen atoms in total. The van der Waals surface area contributed by atoms with Crippen molar-refractivity contribution in [3.8, 4) is 0 Å². The number of nitrogens with zero attached hydrogens (tertiary/aromatic N) is 2. The van der Waals surface area contributed by atoms with Gasteiger partial charge in [-0.05, 0) is 42.0 Å². The molecule has 0 aliphatic rings. The highest BCUT2D eigenvalue weighted by molar-refractivity contribution is 6.30. The number of pyridine rings is 1. The maximum Gasteiger partial charge on any atom is 0.248 e. The Morgan fingerprint density at radius 1 is 1.19 bits per heavy atom. The van der Waals surface area contributed by atoms with E-state index in [4.69, 9.17) is 11.6 Å². The fourth-order valence-electron chi connectivity index (χ4n) is 1.93. The molecule has 1 amide bonds. The summed E-state index contributed by atoms with van der Waals surface area (Å²) >= 11 is 5.81. The molecule has 2 aromatic heterocycles. The summed E-state index contributed by atoms with van der Waals surface area (Å²) in [6, 6.07) is 12.8. The second kappa shape index (κ2) is 5.81. The lowest BCUT2D eigenvalue weighted by atomic mass is 10.2. The number of benzene rings is 1. The molecule has 5 heteroatoms. The highest BCUT2D eigenvalue weighted by Crippen LogP contribution is 2.12. The van der Waals surface area contributed by atoms with Crippen molar-refractivity contribution >= 4 is 34.8 Å². The Hall–Kier alpha value is -2.59. The number of carbonyl (C=O) groups is 1. The van der Waals surface area contributed by atoms with Crippen LogP contribution in [0.4, 0.5) is 5.69 Å². The Morgan fingerprint density at radius 3 is 2.81 bits per heavy atom. The molecule has 0 radical (unpaired) electrons. The largest absolute Gasteiger partial charge is 0.322 e. The molecule has 0 fully saturated rings. The average Bonchev–Trinajstić information content (AvgIpc) is 2.94. The monoisotopic (exact) mass is 297 g/mol. The summed E-state index contributed by atoms with van der Waals surface area (Å²) in [4.78, 5) is 11.9. The van der Waals surface area contributed by atoms with Gasteiger partial charge in [-0.25, -0.2) is 4.52 Å². The van der Waals surface area contributed by atoms with Crippen LogP contribution in [-0.4, -0.2) is 15.5 Å². The molecule has 104 valence electrons. The minimum Gasteiger partial charge on any atom is -0.322 e. The molecule has 0 saturated carbocycles. The highest BCUT2D eigenvalue weighted by Gasteiger charge is 2.00. The van der Waals surface area contributed by atoms with Crippen LogP contribution >= 0.6 is 11.6 Å². The van der Waals surface area contributed by atoms with E-state index in [2.05, 4.69) is 10.4 Å². The molecule has 2 heterocycles. The molecule has 0 spiro atoms. The number of hydrogen-bond donors (Lipinski definition) is 1. The van der Waals surface area contributed by atoms with Crippen LogP contribution < -0.4 is 5.32 Å². The molecule has 3 aromatic rings. The van der Waals surface area contributed by atoms with E-state index in [-0.39, 0.29) is 5.91 Å². The van der Waals surface area contributed by atoms with Crippen LogP contribution in [0.3, 0.4) is 0 Å². The van der Waals surface area contributed by atoms with Crippen LogP contribution in [0.25, 0.3) is 11.6 Å². The van der Waals surface area contributed by atoms with Crippen LogP contribution in [0.1, 0.15) is 5.56 Å². The molecule has 21 heavy (non-hydrogen) atoms. The Balaban J connectivity index is 1.69. The molecular formula is C16H12ClN3O. The van der Waals surface area contributed by atoms with Crippen molar-refractivity contribution in [3.05, 3.63) is 71.5 Å². The normalized spacial score (nSPS) is 11.1. The number of carbonyl (C=O) groups excluding carboxylic acids is 1. The third-order valence-corrected chi connectivity index (χ3v) is 3.22. The van der Waals surface area contributed by atoms with E-state index < -0.39 is 0 Å². The third kappa shape index (κ3) is 3.30. The number of anilines is 1. The fraction of sp³-hybridized carbons (Fsp3) is 0. The van der Waals surface area contributed by atoms with Gasteiger partial charge in [0.25, 0.3) is 0 Å². The standard InChI is InChI=1S/C16H12ClN3O/c17-13-4-1-12(2-5-13)3-6-16(21)19-14-8-10-20-15(11-14)7-9-18-20/h1-11H,(H,19,21)/b6-3+. The molecular weight excluding hydrogens is 286 g/mol. The Morgan fingerprint density at radius 2 is 2.00 bits per heavy atom. The maximum absolute atomic E-state index is 11.9. The zero-order valence-electron chi connectivity index (χ0n) is 11.0. The van der Waals surface area contributed by atoms with E-state index in [0.717, 1.165) is 16.8 Å². The van der Waals surface area contributed by atoms with Crippen molar-refractivity contribution < 1.29 is 4.79 Å². The number of amides is 1. The zero-order valence-corrected chi connectivity index (χ0v) is 11.8. The summed E-state index contributed by atoms with van der Waals surface area (Å²) in [6.45, 7) is 0. The SMILES string of the molecule is O=C(/C=C/c1ccc(Cl)cc1)Nc1ccn2nccc2c1. The van der Waals surface area contributed by atoms with Crippen LogP contribution in [-0.2, 0) is 4.79 Å². The molecule has 0 atom stereocenters. The van der Waals surface area contributed by atoms with E-state index in [1.807, 2.05) is 24.3 Å². The number of rotatable bonds is 3. The van der Waals surface area contributed by atoms with Gasteiger partial charge in [0.1, 0.15) is 0 Å². The van der Waals surface area contributed by atoms with E-state index >= 15 is 0 Å². The van der Waals surface area contributed by atoms with Gasteiger partial charge < -0.3 is 5.32 Å². The second-order valence-electron chi connectivity index (χ2n) is 4.49. The van der Waals surface area contributed by atoms with E-state index in [1.54, 1.807) is 41.2 Å². The van der Waals surface area contributed by atoms with Gasteiger partial charge >= 0.3 is 0 Å². The summed E-state index contributed by atoms with van der Waals surface area (Å²) in [5, 5.41) is 7.59. The van der Waals surface area contributed by atoms with Crippen LogP contribution in [0.5, 0.6) is 0 Å². The quantitative estimate of drug-likeness (QED) is 0.750. The molecule has 0 aliphatic carbocycles. The lowest BCUT2D eigenvalue weighted by Crippen LogP contribution is -2.07. The predicted octanol–water partition coefficient (Wildman–Crippen LogP) is 3.64. The van der Waals surface area contributed by atoms with Gasteiger partial charge in [0, 0.05) is 29.2 Å². The topological polar surface area (TPSA) is 46.4 Å². The predicted molar refractivity (Wildman–Crippen MR) is 84.3 cm³/mol. The van der Waals surface area contributed by atoms with Crippen molar-refractivity contribution in [2.45, 2.75) is 0 Å². The molecule has 0 saturated heterocycles. The highest BCUT2D eigenvalue weighted by atomic mass is 35.5. The van der Waals surface area contributed by atoms with Crippen LogP contribution in [0.2, 0.25) is 5.02 Å². The number of halogens is 1. The lowest BCUT2D eigenvalue weighted by molar-refractivity contribution is -0.111. The maximum atomic E-state index is 11.9. The first kappa shape index (κ1) is 13.4. The fourth-order valence-corrected chi connectivity index (χ4v) is 2.06. The smallest absolute Gasteiger partial charge is 0.248 e. The van der Waals surface area contributed by atoms with E-state index in [9.17, 15) is 4.79 Å². The summed E-state index contributed by atoms with van der Waals surface area (Å²) in [5.74, 6) is -0.186. The number of fused-ring (bicyclic) bond motifs is 1. The van der Waals surface area contributed by atoms with Crippen molar-refractivity contribution in [1.82, 2.24) is 9.61 Å². The molecule has 0 bridgehead atoms. The summed E-state index contributed by atoms with van der Waals surface area (Å²) in [6.07, 6.45) is 6.74. The van der Waals surface area contributed by atoms with Gasteiger partial charge in [-0.2, -0.15) is 5.10 Å². The Kier molecular flexibility index (Phi) is 3.71. The van der Waals surface area contributed by atoms with Gasteiger partial charge in [-0.15, -0.1) is 0 Å². The van der Waals surface area contributed by atoms with Crippen molar-refractivity contribution in [2.24, 2.45) is 0 Å². The average molecular weight is 298 g/mol. The minimum atomic E-state index is -0.186. The minimum absolute atomic E-state index is 0.186. The summed E-state index contributed by atoms with van der Waals surface area (Å²) < 4.78 is 1.74. The number of aromatic nitrogens is 2. The first-order valence-corrected chi connectivity index (χ1v) is 6.76. The van der Waals surface area contributed by atoms with E-state index in [1.165, 1.54) is 6.08 Å². The Bertz CT molecular complexity index is 806. The van der Waals surface area contributed by atoms with Crippen LogP contribution in [0.15, 0.2) is 60.9 Å². The van der Waals surface area contributed by atoms with Crippen molar-refractivity contribution in [1.29, 1.82) is 0 Å². The van der Waals surface area contributed by atoms with Crippen molar-refractivity contribution in [2.75, 3.05) is 5.32 Å². The van der Waals surface area contributed by atoms with Gasteiger partial charge in [0.05, 0.1) is 5.52 Å². The van der Waals surface area contributed by atoms with Crippen LogP contribution in [0, 0.1) is 0 Å². The van der Waals surface area contributed by atoms with Gasteiger partial charge in [0.15, 0.2) is 0 Å². The molecule has 0 aliphatic heterocycles. The van der Waals surface area contributed by atoms with Gasteiger partial charge in [-0.1, -0.05) is 23.7 Å². The lowest BCUT2D eigenvalue weighted by Gasteiger charge is -2.02. The first-order valence-electron chi connectivity index (χ1n) is 6.39. The number of nitrogens with one attached hydrogen (secondary N) is 1.